The molecule has 7 heteroatoms. The molecule has 26 heavy (non-hydrogen) atoms. The van der Waals surface area contributed by atoms with Crippen LogP contribution in [0.3, 0.4) is 0 Å². The average Bonchev–Trinajstić information content (AvgIpc) is 3.03. The number of rotatable bonds is 11. The van der Waals surface area contributed by atoms with Crippen molar-refractivity contribution in [1.82, 2.24) is 0 Å². The lowest BCUT2D eigenvalue weighted by molar-refractivity contribution is -0.147. The van der Waals surface area contributed by atoms with Crippen molar-refractivity contribution < 1.29 is 24.5 Å². The zero-order valence-electron chi connectivity index (χ0n) is 15.8. The molecule has 1 aliphatic rings. The summed E-state index contributed by atoms with van der Waals surface area (Å²) < 4.78 is 11.0. The molecule has 0 spiro atoms. The second-order valence-electron chi connectivity index (χ2n) is 5.98. The van der Waals surface area contributed by atoms with E-state index in [0.29, 0.717) is 5.78 Å². The molecular formula is C19H40Br2O5. The summed E-state index contributed by atoms with van der Waals surface area (Å²) in [6, 6.07) is 0. The van der Waals surface area contributed by atoms with Crippen molar-refractivity contribution in [3.8, 4) is 0 Å². The Morgan fingerprint density at radius 2 is 1.38 bits per heavy atom. The van der Waals surface area contributed by atoms with Gasteiger partial charge in [0.2, 0.25) is 0 Å². The lowest BCUT2D eigenvalue weighted by Crippen LogP contribution is -2.24. The molecule has 0 amide bonds. The van der Waals surface area contributed by atoms with E-state index in [1.54, 1.807) is 6.92 Å². The average molecular weight is 508 g/mol. The number of carbonyl (C=O) groups is 1. The Morgan fingerprint density at radius 3 is 1.77 bits per heavy atom. The first-order chi connectivity index (χ1) is 12.0. The fourth-order valence-electron chi connectivity index (χ4n) is 2.06. The number of hydrogen-bond acceptors (Lipinski definition) is 5. The van der Waals surface area contributed by atoms with E-state index in [-0.39, 0.29) is 26.4 Å². The Hall–Kier alpha value is 0.470. The van der Waals surface area contributed by atoms with Gasteiger partial charge in [-0.25, -0.2) is 0 Å². The van der Waals surface area contributed by atoms with Crippen LogP contribution in [-0.2, 0) is 14.3 Å². The van der Waals surface area contributed by atoms with Crippen molar-refractivity contribution >= 4 is 37.6 Å². The second kappa shape index (κ2) is 23.5. The SMILES string of the molecule is C.CC(=O)CCCCCBr.CC1(CCCCCBr)OCCO1.OCCO. The number of alkyl halides is 2. The first-order valence-corrected chi connectivity index (χ1v) is 11.3. The van der Waals surface area contributed by atoms with Gasteiger partial charge in [0.15, 0.2) is 5.79 Å². The normalized spacial score (nSPS) is 14.4. The minimum absolute atomic E-state index is 0. The van der Waals surface area contributed by atoms with Crippen molar-refractivity contribution in [3.63, 3.8) is 0 Å². The lowest BCUT2D eigenvalue weighted by Gasteiger charge is -2.21. The van der Waals surface area contributed by atoms with E-state index >= 15 is 0 Å². The van der Waals surface area contributed by atoms with E-state index in [1.165, 1.54) is 32.1 Å². The molecule has 1 aliphatic heterocycles. The van der Waals surface area contributed by atoms with Crippen LogP contribution in [0.1, 0.15) is 72.6 Å². The molecule has 2 N–H and O–H groups in total. The van der Waals surface area contributed by atoms with Gasteiger partial charge < -0.3 is 24.5 Å². The number of aliphatic hydroxyl groups excluding tert-OH is 2. The summed E-state index contributed by atoms with van der Waals surface area (Å²) in [5.41, 5.74) is 0. The smallest absolute Gasteiger partial charge is 0.165 e. The molecule has 0 atom stereocenters. The Labute approximate surface area is 177 Å². The summed E-state index contributed by atoms with van der Waals surface area (Å²) in [6.07, 6.45) is 8.90. The van der Waals surface area contributed by atoms with Gasteiger partial charge in [0.1, 0.15) is 5.78 Å². The predicted molar refractivity (Wildman–Crippen MR) is 116 cm³/mol. The molecule has 0 radical (unpaired) electrons. The van der Waals surface area contributed by atoms with Crippen LogP contribution in [0, 0.1) is 0 Å². The molecule has 0 saturated carbocycles. The van der Waals surface area contributed by atoms with Crippen molar-refractivity contribution in [2.24, 2.45) is 0 Å². The van der Waals surface area contributed by atoms with Crippen LogP contribution in [0.5, 0.6) is 0 Å². The fraction of sp³-hybridized carbons (Fsp3) is 0.947. The van der Waals surface area contributed by atoms with Gasteiger partial charge in [0, 0.05) is 23.5 Å². The molecule has 0 unspecified atom stereocenters. The monoisotopic (exact) mass is 506 g/mol. The third-order valence-electron chi connectivity index (χ3n) is 3.43. The third-order valence-corrected chi connectivity index (χ3v) is 4.55. The minimum Gasteiger partial charge on any atom is -0.394 e. The van der Waals surface area contributed by atoms with Crippen LogP contribution < -0.4 is 0 Å². The van der Waals surface area contributed by atoms with Gasteiger partial charge in [-0.2, -0.15) is 0 Å². The van der Waals surface area contributed by atoms with Crippen LogP contribution in [0.15, 0.2) is 0 Å². The van der Waals surface area contributed by atoms with Crippen molar-refractivity contribution in [2.75, 3.05) is 37.1 Å². The Morgan fingerprint density at radius 1 is 0.923 bits per heavy atom. The van der Waals surface area contributed by atoms with Gasteiger partial charge in [0.25, 0.3) is 0 Å². The van der Waals surface area contributed by atoms with E-state index in [2.05, 4.69) is 31.9 Å². The highest BCUT2D eigenvalue weighted by molar-refractivity contribution is 9.09. The number of hydrogen-bond donors (Lipinski definition) is 2. The highest BCUT2D eigenvalue weighted by Gasteiger charge is 2.29. The van der Waals surface area contributed by atoms with E-state index in [0.717, 1.165) is 43.1 Å². The molecule has 0 aromatic carbocycles. The predicted octanol–water partition coefficient (Wildman–Crippen LogP) is 4.84. The molecule has 0 bridgehead atoms. The number of ketones is 1. The summed E-state index contributed by atoms with van der Waals surface area (Å²) in [5.74, 6) is 0.0383. The Balaban J connectivity index is -0.000000337. The fourth-order valence-corrected chi connectivity index (χ4v) is 2.86. The largest absolute Gasteiger partial charge is 0.394 e. The molecule has 0 aliphatic carbocycles. The molecule has 1 rings (SSSR count). The number of halogens is 2. The highest BCUT2D eigenvalue weighted by Crippen LogP contribution is 2.24. The second-order valence-corrected chi connectivity index (χ2v) is 7.57. The quantitative estimate of drug-likeness (QED) is 0.309. The van der Waals surface area contributed by atoms with Crippen LogP contribution in [0.2, 0.25) is 0 Å². The van der Waals surface area contributed by atoms with Gasteiger partial charge >= 0.3 is 0 Å². The van der Waals surface area contributed by atoms with E-state index in [4.69, 9.17) is 19.7 Å². The van der Waals surface area contributed by atoms with Gasteiger partial charge in [-0.15, -0.1) is 0 Å². The number of unbranched alkanes of at least 4 members (excludes halogenated alkanes) is 4. The first-order valence-electron chi connectivity index (χ1n) is 9.06. The summed E-state index contributed by atoms with van der Waals surface area (Å²) in [6.45, 7) is 4.95. The van der Waals surface area contributed by atoms with Crippen LogP contribution in [-0.4, -0.2) is 58.9 Å². The molecule has 1 saturated heterocycles. The third kappa shape index (κ3) is 24.5. The number of ether oxygens (including phenoxy) is 2. The van der Waals surface area contributed by atoms with E-state index in [9.17, 15) is 4.79 Å². The van der Waals surface area contributed by atoms with Gasteiger partial charge in [-0.1, -0.05) is 52.1 Å². The van der Waals surface area contributed by atoms with Crippen molar-refractivity contribution in [3.05, 3.63) is 0 Å². The number of aliphatic hydroxyl groups is 2. The molecular weight excluding hydrogens is 468 g/mol. The Bertz CT molecular complexity index is 283. The summed E-state index contributed by atoms with van der Waals surface area (Å²) in [7, 11) is 0. The van der Waals surface area contributed by atoms with Crippen molar-refractivity contribution in [1.29, 1.82) is 0 Å². The molecule has 0 aromatic heterocycles. The maximum Gasteiger partial charge on any atom is 0.165 e. The number of Topliss-reactive ketones (excluding diaryl/α,β-unsaturated/α-hetero) is 1. The van der Waals surface area contributed by atoms with Gasteiger partial charge in [0.05, 0.1) is 26.4 Å². The maximum atomic E-state index is 10.4. The standard InChI is InChI=1S/C9H17BrO2.C7H13BrO.C2H6O2.CH4/c1-9(11-7-8-12-9)5-3-2-4-6-10;1-7(9)5-3-2-4-6-8;3-1-2-4;/h2-8H2,1H3;2-6H2,1H3;3-4H,1-2H2;1H4. The van der Waals surface area contributed by atoms with Crippen LogP contribution in [0.4, 0.5) is 0 Å². The topological polar surface area (TPSA) is 76.0 Å². The zero-order valence-corrected chi connectivity index (χ0v) is 18.9. The van der Waals surface area contributed by atoms with E-state index in [1.807, 2.05) is 6.92 Å². The van der Waals surface area contributed by atoms with Crippen LogP contribution >= 0.6 is 31.9 Å². The Kier molecular flexibility index (Phi) is 28.2. The van der Waals surface area contributed by atoms with Crippen LogP contribution in [0.25, 0.3) is 0 Å². The van der Waals surface area contributed by atoms with Gasteiger partial charge in [-0.3, -0.25) is 0 Å². The lowest BCUT2D eigenvalue weighted by atomic mass is 10.1. The highest BCUT2D eigenvalue weighted by atomic mass is 79.9. The molecule has 160 valence electrons. The molecule has 5 nitrogen and oxygen atoms in total. The summed E-state index contributed by atoms with van der Waals surface area (Å²) in [4.78, 5) is 10.4. The maximum absolute atomic E-state index is 10.4. The molecule has 0 aromatic rings. The molecule has 1 heterocycles. The number of carbonyl (C=O) groups excluding carboxylic acids is 1. The zero-order chi connectivity index (χ0) is 19.4. The summed E-state index contributed by atoms with van der Waals surface area (Å²) in [5, 5.41) is 17.4. The first kappa shape index (κ1) is 31.2. The summed E-state index contributed by atoms with van der Waals surface area (Å²) >= 11 is 6.75. The van der Waals surface area contributed by atoms with Gasteiger partial charge in [-0.05, 0) is 39.5 Å². The minimum atomic E-state index is -0.272. The van der Waals surface area contributed by atoms with E-state index < -0.39 is 0 Å². The van der Waals surface area contributed by atoms with Crippen molar-refractivity contribution in [2.45, 2.75) is 78.4 Å². The molecule has 1 fully saturated rings.